The molecule has 0 aliphatic carbocycles. The SMILES string of the molecule is CCOC(=O)C1=C(COC(=O)CSc2cc(C)ccc2C)NC(=O)N[C@H]1C. The molecule has 27 heavy (non-hydrogen) atoms. The Balaban J connectivity index is 2.00. The zero-order valence-electron chi connectivity index (χ0n) is 15.9. The van der Waals surface area contributed by atoms with E-state index in [1.807, 2.05) is 32.0 Å². The topological polar surface area (TPSA) is 93.7 Å². The first-order valence-electron chi connectivity index (χ1n) is 8.65. The van der Waals surface area contributed by atoms with Crippen LogP contribution in [0, 0.1) is 13.8 Å². The van der Waals surface area contributed by atoms with Gasteiger partial charge in [-0.15, -0.1) is 11.8 Å². The van der Waals surface area contributed by atoms with Crippen LogP contribution in [0.2, 0.25) is 0 Å². The minimum atomic E-state index is -0.548. The molecule has 1 aromatic carbocycles. The maximum absolute atomic E-state index is 12.1. The van der Waals surface area contributed by atoms with Crippen molar-refractivity contribution in [3.63, 3.8) is 0 Å². The Labute approximate surface area is 162 Å². The van der Waals surface area contributed by atoms with Crippen LogP contribution in [0.5, 0.6) is 0 Å². The van der Waals surface area contributed by atoms with Gasteiger partial charge in [0.2, 0.25) is 0 Å². The number of hydrogen-bond acceptors (Lipinski definition) is 6. The number of hydrogen-bond donors (Lipinski definition) is 2. The normalized spacial score (nSPS) is 16.4. The summed E-state index contributed by atoms with van der Waals surface area (Å²) in [6.07, 6.45) is 0. The Morgan fingerprint density at radius 1 is 1.22 bits per heavy atom. The van der Waals surface area contributed by atoms with Crippen LogP contribution < -0.4 is 10.6 Å². The molecular formula is C19H24N2O5S. The number of carbonyl (C=O) groups excluding carboxylic acids is 3. The number of rotatable bonds is 7. The Kier molecular flexibility index (Phi) is 7.29. The lowest BCUT2D eigenvalue weighted by molar-refractivity contribution is -0.141. The first kappa shape index (κ1) is 20.8. The average molecular weight is 392 g/mol. The second-order valence-corrected chi connectivity index (χ2v) is 7.17. The van der Waals surface area contributed by atoms with Gasteiger partial charge in [0, 0.05) is 4.90 Å². The predicted octanol–water partition coefficient (Wildman–Crippen LogP) is 2.46. The van der Waals surface area contributed by atoms with Gasteiger partial charge in [0.05, 0.1) is 29.7 Å². The number of aryl methyl sites for hydroxylation is 2. The van der Waals surface area contributed by atoms with Crippen LogP contribution in [-0.2, 0) is 19.1 Å². The summed E-state index contributed by atoms with van der Waals surface area (Å²) in [5.41, 5.74) is 2.71. The van der Waals surface area contributed by atoms with E-state index in [-0.39, 0.29) is 30.2 Å². The van der Waals surface area contributed by atoms with Crippen LogP contribution in [0.25, 0.3) is 0 Å². The fourth-order valence-corrected chi connectivity index (χ4v) is 3.51. The lowest BCUT2D eigenvalue weighted by atomic mass is 10.0. The number of esters is 2. The molecule has 0 spiro atoms. The van der Waals surface area contributed by atoms with E-state index in [4.69, 9.17) is 9.47 Å². The Hall–Kier alpha value is -2.48. The van der Waals surface area contributed by atoms with Gasteiger partial charge in [-0.2, -0.15) is 0 Å². The van der Waals surface area contributed by atoms with E-state index < -0.39 is 24.0 Å². The number of thioether (sulfide) groups is 1. The molecule has 0 fully saturated rings. The maximum Gasteiger partial charge on any atom is 0.338 e. The van der Waals surface area contributed by atoms with Crippen LogP contribution >= 0.6 is 11.8 Å². The number of amides is 2. The molecule has 2 amide bonds. The van der Waals surface area contributed by atoms with E-state index in [0.29, 0.717) is 0 Å². The van der Waals surface area contributed by atoms with E-state index in [1.165, 1.54) is 11.8 Å². The van der Waals surface area contributed by atoms with Gasteiger partial charge in [0.25, 0.3) is 0 Å². The van der Waals surface area contributed by atoms with Crippen LogP contribution in [0.1, 0.15) is 25.0 Å². The summed E-state index contributed by atoms with van der Waals surface area (Å²) in [4.78, 5) is 36.9. The minimum Gasteiger partial charge on any atom is -0.463 e. The molecular weight excluding hydrogens is 368 g/mol. The van der Waals surface area contributed by atoms with E-state index >= 15 is 0 Å². The quantitative estimate of drug-likeness (QED) is 0.547. The Morgan fingerprint density at radius 2 is 1.96 bits per heavy atom. The Bertz CT molecular complexity index is 775. The van der Waals surface area contributed by atoms with Crippen molar-refractivity contribution in [3.05, 3.63) is 40.6 Å². The molecule has 1 atom stereocenters. The van der Waals surface area contributed by atoms with Crippen molar-refractivity contribution in [2.75, 3.05) is 19.0 Å². The largest absolute Gasteiger partial charge is 0.463 e. The van der Waals surface area contributed by atoms with E-state index in [2.05, 4.69) is 10.6 Å². The maximum atomic E-state index is 12.1. The summed E-state index contributed by atoms with van der Waals surface area (Å²) < 4.78 is 10.3. The lowest BCUT2D eigenvalue weighted by Gasteiger charge is -2.26. The lowest BCUT2D eigenvalue weighted by Crippen LogP contribution is -2.50. The third-order valence-corrected chi connectivity index (χ3v) is 5.06. The van der Waals surface area contributed by atoms with Gasteiger partial charge < -0.3 is 20.1 Å². The molecule has 0 saturated carbocycles. The van der Waals surface area contributed by atoms with Gasteiger partial charge in [0.1, 0.15) is 6.61 Å². The monoisotopic (exact) mass is 392 g/mol. The van der Waals surface area contributed by atoms with Gasteiger partial charge in [-0.05, 0) is 39.3 Å². The molecule has 146 valence electrons. The summed E-state index contributed by atoms with van der Waals surface area (Å²) in [6, 6.07) is 5.05. The number of urea groups is 1. The molecule has 0 bridgehead atoms. The molecule has 1 aromatic rings. The van der Waals surface area contributed by atoms with Gasteiger partial charge in [-0.1, -0.05) is 17.7 Å². The smallest absolute Gasteiger partial charge is 0.338 e. The third kappa shape index (κ3) is 5.75. The summed E-state index contributed by atoms with van der Waals surface area (Å²) in [6.45, 7) is 7.35. The van der Waals surface area contributed by atoms with Crippen molar-refractivity contribution < 1.29 is 23.9 Å². The van der Waals surface area contributed by atoms with Gasteiger partial charge in [-0.25, -0.2) is 9.59 Å². The van der Waals surface area contributed by atoms with Gasteiger partial charge in [-0.3, -0.25) is 4.79 Å². The summed E-state index contributed by atoms with van der Waals surface area (Å²) in [5, 5.41) is 5.12. The Morgan fingerprint density at radius 3 is 2.67 bits per heavy atom. The number of carbonyl (C=O) groups is 3. The molecule has 1 aliphatic rings. The van der Waals surface area contributed by atoms with Crippen molar-refractivity contribution in [1.29, 1.82) is 0 Å². The molecule has 8 heteroatoms. The van der Waals surface area contributed by atoms with E-state index in [1.54, 1.807) is 13.8 Å². The highest BCUT2D eigenvalue weighted by Gasteiger charge is 2.30. The molecule has 1 heterocycles. The zero-order valence-corrected chi connectivity index (χ0v) is 16.7. The molecule has 7 nitrogen and oxygen atoms in total. The van der Waals surface area contributed by atoms with E-state index in [0.717, 1.165) is 16.0 Å². The highest BCUT2D eigenvalue weighted by molar-refractivity contribution is 8.00. The minimum absolute atomic E-state index is 0.133. The van der Waals surface area contributed by atoms with Crippen LogP contribution in [0.3, 0.4) is 0 Å². The van der Waals surface area contributed by atoms with Crippen molar-refractivity contribution in [2.24, 2.45) is 0 Å². The first-order valence-corrected chi connectivity index (χ1v) is 9.63. The summed E-state index contributed by atoms with van der Waals surface area (Å²) in [7, 11) is 0. The molecule has 0 saturated heterocycles. The number of ether oxygens (including phenoxy) is 2. The van der Waals surface area contributed by atoms with Crippen molar-refractivity contribution in [2.45, 2.75) is 38.6 Å². The van der Waals surface area contributed by atoms with Crippen LogP contribution in [0.15, 0.2) is 34.4 Å². The van der Waals surface area contributed by atoms with Gasteiger partial charge >= 0.3 is 18.0 Å². The molecule has 0 aromatic heterocycles. The molecule has 0 radical (unpaired) electrons. The fraction of sp³-hybridized carbons (Fsp3) is 0.421. The van der Waals surface area contributed by atoms with Crippen LogP contribution in [0.4, 0.5) is 4.79 Å². The third-order valence-electron chi connectivity index (χ3n) is 3.93. The molecule has 2 rings (SSSR count). The molecule has 2 N–H and O–H groups in total. The fourth-order valence-electron chi connectivity index (χ4n) is 2.59. The van der Waals surface area contributed by atoms with Crippen molar-refractivity contribution >= 4 is 29.7 Å². The van der Waals surface area contributed by atoms with Crippen LogP contribution in [-0.4, -0.2) is 43.0 Å². The highest BCUT2D eigenvalue weighted by Crippen LogP contribution is 2.23. The van der Waals surface area contributed by atoms with Gasteiger partial charge in [0.15, 0.2) is 0 Å². The average Bonchev–Trinajstić information content (AvgIpc) is 2.60. The predicted molar refractivity (Wildman–Crippen MR) is 102 cm³/mol. The summed E-state index contributed by atoms with van der Waals surface area (Å²) >= 11 is 1.39. The standard InChI is InChI=1S/C19H24N2O5S/c1-5-25-18(23)17-13(4)20-19(24)21-14(17)9-26-16(22)10-27-15-8-11(2)6-7-12(15)3/h6-8,13H,5,9-10H2,1-4H3,(H2,20,21,24)/t13-/m0/s1. The number of nitrogens with one attached hydrogen (secondary N) is 2. The van der Waals surface area contributed by atoms with E-state index in [9.17, 15) is 14.4 Å². The second kappa shape index (κ2) is 9.45. The molecule has 1 aliphatic heterocycles. The molecule has 0 unspecified atom stereocenters. The van der Waals surface area contributed by atoms with Crippen molar-refractivity contribution in [3.8, 4) is 0 Å². The summed E-state index contributed by atoms with van der Waals surface area (Å²) in [5.74, 6) is -0.848. The highest BCUT2D eigenvalue weighted by atomic mass is 32.2. The second-order valence-electron chi connectivity index (χ2n) is 6.15. The van der Waals surface area contributed by atoms with Crippen molar-refractivity contribution in [1.82, 2.24) is 10.6 Å². The number of benzene rings is 1. The zero-order chi connectivity index (χ0) is 20.0. The first-order chi connectivity index (χ1) is 12.8.